The number of carbonyl (C=O) groups excluding carboxylic acids is 1. The molecule has 64 valence electrons. The molecule has 0 N–H and O–H groups in total. The van der Waals surface area contributed by atoms with Crippen LogP contribution in [0.2, 0.25) is 0 Å². The van der Waals surface area contributed by atoms with Gasteiger partial charge < -0.3 is 0 Å². The third-order valence-corrected chi connectivity index (χ3v) is 1.23. The van der Waals surface area contributed by atoms with Gasteiger partial charge in [-0.3, -0.25) is 4.79 Å². The van der Waals surface area contributed by atoms with Gasteiger partial charge in [0.25, 0.3) is 5.91 Å². The second-order valence-corrected chi connectivity index (χ2v) is 1.88. The molecule has 0 rings (SSSR count). The molecule has 0 aromatic carbocycles. The predicted octanol–water partition coefficient (Wildman–Crippen LogP) is 0.904. The summed E-state index contributed by atoms with van der Waals surface area (Å²) in [6.07, 6.45) is 0.585. The van der Waals surface area contributed by atoms with Crippen molar-refractivity contribution in [3.05, 3.63) is 12.2 Å². The molecule has 4 heteroatoms. The van der Waals surface area contributed by atoms with Crippen LogP contribution in [0.4, 0.5) is 0 Å². The molecule has 1 amide bonds. The van der Waals surface area contributed by atoms with Crippen LogP contribution in [0, 0.1) is 0 Å². The van der Waals surface area contributed by atoms with Crippen LogP contribution < -0.4 is 0 Å². The van der Waals surface area contributed by atoms with Crippen molar-refractivity contribution in [1.82, 2.24) is 5.23 Å². The van der Waals surface area contributed by atoms with Gasteiger partial charge in [0.2, 0.25) is 0 Å². The van der Waals surface area contributed by atoms with Crippen LogP contribution >= 0.6 is 0 Å². The second-order valence-electron chi connectivity index (χ2n) is 1.88. The van der Waals surface area contributed by atoms with E-state index in [0.717, 1.165) is 5.23 Å². The molecule has 0 saturated heterocycles. The molecule has 0 heterocycles. The van der Waals surface area contributed by atoms with Gasteiger partial charge in [0.05, 0.1) is 14.2 Å². The van der Waals surface area contributed by atoms with Crippen LogP contribution in [-0.4, -0.2) is 25.4 Å². The molecule has 0 aliphatic carbocycles. The molecule has 0 aromatic heterocycles. The number of hydrogen-bond donors (Lipinski definition) is 0. The van der Waals surface area contributed by atoms with Crippen molar-refractivity contribution in [3.63, 3.8) is 0 Å². The molecular formula is C7H13NO3. The van der Waals surface area contributed by atoms with Crippen molar-refractivity contribution < 1.29 is 14.5 Å². The Kier molecular flexibility index (Phi) is 4.49. The van der Waals surface area contributed by atoms with Crippen LogP contribution in [0.1, 0.15) is 13.3 Å². The zero-order valence-electron chi connectivity index (χ0n) is 7.09. The molecule has 0 saturated carbocycles. The zero-order chi connectivity index (χ0) is 8.85. The Morgan fingerprint density at radius 3 is 2.18 bits per heavy atom. The van der Waals surface area contributed by atoms with E-state index in [-0.39, 0.29) is 5.91 Å². The highest BCUT2D eigenvalue weighted by Crippen LogP contribution is 2.03. The Hall–Kier alpha value is -0.870. The van der Waals surface area contributed by atoms with Gasteiger partial charge in [0, 0.05) is 5.57 Å². The molecule has 0 spiro atoms. The SMILES string of the molecule is C=C(CC)C(=O)N(OC)OC. The normalized spacial score (nSPS) is 9.36. The first-order chi connectivity index (χ1) is 5.17. The minimum absolute atomic E-state index is 0.350. The van der Waals surface area contributed by atoms with Crippen molar-refractivity contribution in [2.24, 2.45) is 0 Å². The fraction of sp³-hybridized carbons (Fsp3) is 0.571. The molecule has 0 unspecified atom stereocenters. The topological polar surface area (TPSA) is 38.8 Å². The van der Waals surface area contributed by atoms with Gasteiger partial charge >= 0.3 is 0 Å². The van der Waals surface area contributed by atoms with E-state index in [0.29, 0.717) is 12.0 Å². The summed E-state index contributed by atoms with van der Waals surface area (Å²) in [7, 11) is 2.70. The van der Waals surface area contributed by atoms with Gasteiger partial charge in [-0.1, -0.05) is 18.7 Å². The van der Waals surface area contributed by atoms with Crippen molar-refractivity contribution in [2.75, 3.05) is 14.2 Å². The lowest BCUT2D eigenvalue weighted by Gasteiger charge is -2.15. The summed E-state index contributed by atoms with van der Waals surface area (Å²) in [4.78, 5) is 20.3. The lowest BCUT2D eigenvalue weighted by Crippen LogP contribution is -2.29. The Bertz CT molecular complexity index is 152. The summed E-state index contributed by atoms with van der Waals surface area (Å²) in [6, 6.07) is 0. The standard InChI is InChI=1S/C7H13NO3/c1-5-6(2)7(9)8(10-3)11-4/h2,5H2,1,3-4H3. The molecule has 0 aromatic rings. The number of hydroxylamine groups is 2. The Balaban J connectivity index is 4.09. The van der Waals surface area contributed by atoms with E-state index in [1.807, 2.05) is 6.92 Å². The maximum absolute atomic E-state index is 11.1. The highest BCUT2D eigenvalue weighted by molar-refractivity contribution is 5.91. The Morgan fingerprint density at radius 1 is 1.45 bits per heavy atom. The average molecular weight is 159 g/mol. The number of nitrogens with zero attached hydrogens (tertiary/aromatic N) is 1. The van der Waals surface area contributed by atoms with E-state index in [4.69, 9.17) is 0 Å². The highest BCUT2D eigenvalue weighted by Gasteiger charge is 2.14. The first kappa shape index (κ1) is 10.1. The molecule has 11 heavy (non-hydrogen) atoms. The number of hydrogen-bond acceptors (Lipinski definition) is 3. The van der Waals surface area contributed by atoms with Gasteiger partial charge in [0.15, 0.2) is 0 Å². The van der Waals surface area contributed by atoms with Gasteiger partial charge in [-0.2, -0.15) is 0 Å². The fourth-order valence-electron chi connectivity index (χ4n) is 0.521. The predicted molar refractivity (Wildman–Crippen MR) is 40.3 cm³/mol. The van der Waals surface area contributed by atoms with Crippen LogP contribution in [0.3, 0.4) is 0 Å². The average Bonchev–Trinajstić information content (AvgIpc) is 2.05. The quantitative estimate of drug-likeness (QED) is 0.452. The lowest BCUT2D eigenvalue weighted by molar-refractivity contribution is -0.314. The van der Waals surface area contributed by atoms with Crippen LogP contribution in [0.25, 0.3) is 0 Å². The molecule has 0 aliphatic rings. The molecule has 0 radical (unpaired) electrons. The fourth-order valence-corrected chi connectivity index (χ4v) is 0.521. The van der Waals surface area contributed by atoms with Gasteiger partial charge in [-0.05, 0) is 6.42 Å². The van der Waals surface area contributed by atoms with E-state index in [1.54, 1.807) is 0 Å². The van der Waals surface area contributed by atoms with Gasteiger partial charge in [-0.15, -0.1) is 0 Å². The first-order valence-corrected chi connectivity index (χ1v) is 3.27. The zero-order valence-corrected chi connectivity index (χ0v) is 7.09. The maximum atomic E-state index is 11.1. The lowest BCUT2D eigenvalue weighted by atomic mass is 10.2. The number of rotatable bonds is 4. The summed E-state index contributed by atoms with van der Waals surface area (Å²) >= 11 is 0. The van der Waals surface area contributed by atoms with Gasteiger partial charge in [0.1, 0.15) is 0 Å². The summed E-state index contributed by atoms with van der Waals surface area (Å²) in [5.41, 5.74) is 0.453. The van der Waals surface area contributed by atoms with E-state index < -0.39 is 0 Å². The first-order valence-electron chi connectivity index (χ1n) is 3.27. The van der Waals surface area contributed by atoms with E-state index in [9.17, 15) is 4.79 Å². The molecule has 0 bridgehead atoms. The van der Waals surface area contributed by atoms with Crippen molar-refractivity contribution in [2.45, 2.75) is 13.3 Å². The largest absolute Gasteiger partial charge is 0.299 e. The van der Waals surface area contributed by atoms with Crippen LogP contribution in [0.15, 0.2) is 12.2 Å². The Labute approximate surface area is 66.3 Å². The minimum Gasteiger partial charge on any atom is -0.265 e. The van der Waals surface area contributed by atoms with E-state index in [2.05, 4.69) is 16.3 Å². The van der Waals surface area contributed by atoms with Crippen molar-refractivity contribution in [1.29, 1.82) is 0 Å². The molecule has 0 aliphatic heterocycles. The van der Waals surface area contributed by atoms with Gasteiger partial charge in [-0.25, -0.2) is 9.68 Å². The third-order valence-electron chi connectivity index (χ3n) is 1.23. The smallest absolute Gasteiger partial charge is 0.265 e. The molecule has 0 fully saturated rings. The minimum atomic E-state index is -0.350. The van der Waals surface area contributed by atoms with Crippen molar-refractivity contribution >= 4 is 5.91 Å². The second kappa shape index (κ2) is 4.87. The van der Waals surface area contributed by atoms with Crippen LogP contribution in [0.5, 0.6) is 0 Å². The van der Waals surface area contributed by atoms with E-state index in [1.165, 1.54) is 14.2 Å². The summed E-state index contributed by atoms with van der Waals surface area (Å²) in [5, 5.41) is 0.784. The van der Waals surface area contributed by atoms with Crippen LogP contribution in [-0.2, 0) is 14.5 Å². The Morgan fingerprint density at radius 2 is 1.91 bits per heavy atom. The maximum Gasteiger partial charge on any atom is 0.299 e. The van der Waals surface area contributed by atoms with E-state index >= 15 is 0 Å². The molecule has 4 nitrogen and oxygen atoms in total. The number of amides is 1. The summed E-state index contributed by atoms with van der Waals surface area (Å²) in [6.45, 7) is 5.38. The summed E-state index contributed by atoms with van der Waals surface area (Å²) in [5.74, 6) is -0.350. The molecule has 0 atom stereocenters. The monoisotopic (exact) mass is 159 g/mol. The highest BCUT2D eigenvalue weighted by atomic mass is 16.9. The number of carbonyl (C=O) groups is 1. The van der Waals surface area contributed by atoms with Crippen molar-refractivity contribution in [3.8, 4) is 0 Å². The summed E-state index contributed by atoms with van der Waals surface area (Å²) < 4.78 is 0. The molecular weight excluding hydrogens is 146 g/mol. The third kappa shape index (κ3) is 2.69.